The van der Waals surface area contributed by atoms with Crippen molar-refractivity contribution in [3.63, 3.8) is 0 Å². The van der Waals surface area contributed by atoms with Crippen molar-refractivity contribution in [3.8, 4) is 5.75 Å². The molecule has 36 heavy (non-hydrogen) atoms. The molecule has 6 nitrogen and oxygen atoms in total. The van der Waals surface area contributed by atoms with Gasteiger partial charge < -0.3 is 9.47 Å². The molecule has 1 atom stereocenters. The lowest BCUT2D eigenvalue weighted by atomic mass is 9.86. The zero-order chi connectivity index (χ0) is 26.9. The van der Waals surface area contributed by atoms with E-state index in [9.17, 15) is 41.3 Å². The molecule has 3 rings (SSSR count). The third kappa shape index (κ3) is 5.84. The van der Waals surface area contributed by atoms with Gasteiger partial charge in [-0.15, -0.1) is 0 Å². The van der Waals surface area contributed by atoms with Crippen LogP contribution in [0.5, 0.6) is 5.75 Å². The van der Waals surface area contributed by atoms with Gasteiger partial charge in [0.2, 0.25) is 5.54 Å². The van der Waals surface area contributed by atoms with E-state index >= 15 is 0 Å². The molecule has 198 valence electrons. The van der Waals surface area contributed by atoms with Crippen molar-refractivity contribution in [2.75, 3.05) is 7.11 Å². The van der Waals surface area contributed by atoms with Crippen LogP contribution in [0.3, 0.4) is 0 Å². The first kappa shape index (κ1) is 27.5. The highest BCUT2D eigenvalue weighted by atomic mass is 19.4. The summed E-state index contributed by atoms with van der Waals surface area (Å²) in [4.78, 5) is 22.7. The second-order valence-corrected chi connectivity index (χ2v) is 9.11. The Bertz CT molecular complexity index is 1120. The van der Waals surface area contributed by atoms with E-state index in [2.05, 4.69) is 4.74 Å². The van der Waals surface area contributed by atoms with Crippen LogP contribution < -0.4 is 4.74 Å². The van der Waals surface area contributed by atoms with Crippen LogP contribution in [0.4, 0.5) is 26.3 Å². The number of benzene rings is 2. The van der Waals surface area contributed by atoms with E-state index in [1.165, 1.54) is 25.1 Å². The van der Waals surface area contributed by atoms with Crippen molar-refractivity contribution in [1.82, 2.24) is 0 Å². The number of rotatable bonds is 7. The monoisotopic (exact) mass is 521 g/mol. The highest BCUT2D eigenvalue weighted by Crippen LogP contribution is 2.44. The Balaban J connectivity index is 1.95. The summed E-state index contributed by atoms with van der Waals surface area (Å²) in [6, 6.07) is 5.99. The largest absolute Gasteiger partial charge is 0.490 e. The summed E-state index contributed by atoms with van der Waals surface area (Å²) in [7, 11) is 1.14. The van der Waals surface area contributed by atoms with Crippen molar-refractivity contribution in [2.45, 2.75) is 69.4 Å². The topological polar surface area (TPSA) is 78.7 Å². The average Bonchev–Trinajstić information content (AvgIpc) is 2.80. The zero-order valence-corrected chi connectivity index (χ0v) is 19.5. The smallest absolute Gasteiger partial charge is 0.420 e. The molecule has 0 heterocycles. The average molecular weight is 521 g/mol. The number of nitrogens with zero attached hydrogens (tertiary/aromatic N) is 1. The number of ether oxygens (including phenoxy) is 2. The third-order valence-corrected chi connectivity index (χ3v) is 6.76. The summed E-state index contributed by atoms with van der Waals surface area (Å²) in [5.41, 5.74) is -2.74. The molecule has 0 aromatic heterocycles. The highest BCUT2D eigenvalue weighted by Gasteiger charge is 2.43. The van der Waals surface area contributed by atoms with Gasteiger partial charge in [-0.3, -0.25) is 14.9 Å². The molecular formula is C24H25F6NO5. The molecule has 2 aromatic carbocycles. The molecular weight excluding hydrogens is 496 g/mol. The number of halogens is 6. The molecule has 2 aromatic rings. The van der Waals surface area contributed by atoms with E-state index in [-0.39, 0.29) is 54.9 Å². The summed E-state index contributed by atoms with van der Waals surface area (Å²) in [5.74, 6) is -2.65. The summed E-state index contributed by atoms with van der Waals surface area (Å²) in [6.07, 6.45) is -11.0. The minimum atomic E-state index is -4.85. The zero-order valence-electron chi connectivity index (χ0n) is 19.5. The lowest BCUT2D eigenvalue weighted by Crippen LogP contribution is -2.33. The van der Waals surface area contributed by atoms with E-state index in [0.717, 1.165) is 19.2 Å². The number of esters is 1. The van der Waals surface area contributed by atoms with Gasteiger partial charge in [-0.25, -0.2) is 0 Å². The van der Waals surface area contributed by atoms with Gasteiger partial charge in [0.05, 0.1) is 25.6 Å². The number of carbonyl (C=O) groups excluding carboxylic acids is 1. The maximum atomic E-state index is 14.1. The van der Waals surface area contributed by atoms with Crippen LogP contribution in [0, 0.1) is 16.0 Å². The van der Waals surface area contributed by atoms with Gasteiger partial charge >= 0.3 is 18.3 Å². The van der Waals surface area contributed by atoms with Crippen molar-refractivity contribution < 1.29 is 45.5 Å². The van der Waals surface area contributed by atoms with Crippen LogP contribution in [-0.4, -0.2) is 30.3 Å². The van der Waals surface area contributed by atoms with Gasteiger partial charge in [-0.1, -0.05) is 18.2 Å². The quantitative estimate of drug-likeness (QED) is 0.173. The van der Waals surface area contributed by atoms with E-state index in [1.807, 2.05) is 0 Å². The molecule has 0 bridgehead atoms. The molecule has 1 saturated carbocycles. The molecule has 0 N–H and O–H groups in total. The number of methoxy groups -OCH3 is 1. The van der Waals surface area contributed by atoms with E-state index < -0.39 is 52.1 Å². The Morgan fingerprint density at radius 2 is 1.69 bits per heavy atom. The lowest BCUT2D eigenvalue weighted by Gasteiger charge is -2.31. The Morgan fingerprint density at radius 1 is 1.06 bits per heavy atom. The summed E-state index contributed by atoms with van der Waals surface area (Å²) < 4.78 is 91.0. The molecule has 1 aliphatic carbocycles. The van der Waals surface area contributed by atoms with E-state index in [4.69, 9.17) is 4.74 Å². The van der Waals surface area contributed by atoms with Crippen molar-refractivity contribution in [1.29, 1.82) is 0 Å². The first-order valence-corrected chi connectivity index (χ1v) is 11.3. The van der Waals surface area contributed by atoms with E-state index in [1.54, 1.807) is 0 Å². The molecule has 0 spiro atoms. The number of nitro groups is 1. The van der Waals surface area contributed by atoms with Gasteiger partial charge in [0.25, 0.3) is 0 Å². The van der Waals surface area contributed by atoms with Crippen molar-refractivity contribution in [2.24, 2.45) is 5.92 Å². The highest BCUT2D eigenvalue weighted by molar-refractivity contribution is 5.89. The van der Waals surface area contributed by atoms with Gasteiger partial charge in [0.1, 0.15) is 11.3 Å². The second-order valence-electron chi connectivity index (χ2n) is 9.11. The second kappa shape index (κ2) is 10.1. The summed E-state index contributed by atoms with van der Waals surface area (Å²) in [6.45, 7) is 1.27. The predicted octanol–water partition coefficient (Wildman–Crippen LogP) is 6.80. The van der Waals surface area contributed by atoms with Gasteiger partial charge in [-0.2, -0.15) is 26.3 Å². The molecule has 0 aliphatic heterocycles. The van der Waals surface area contributed by atoms with Gasteiger partial charge in [-0.05, 0) is 48.6 Å². The Kier molecular flexibility index (Phi) is 7.75. The summed E-state index contributed by atoms with van der Waals surface area (Å²) in [5, 5.41) is 11.6. The number of hydrogen-bond acceptors (Lipinski definition) is 5. The lowest BCUT2D eigenvalue weighted by molar-refractivity contribution is -0.575. The molecule has 0 radical (unpaired) electrons. The normalized spacial score (nSPS) is 20.6. The van der Waals surface area contributed by atoms with Crippen molar-refractivity contribution >= 4 is 16.7 Å². The first-order chi connectivity index (χ1) is 16.7. The SMILES string of the molecule is COC(=O)CCC(C)(c1ccc2c(C(F)(F)F)c(OC3CCC(C(F)(F)F)CC3)ccc2c1)[N+](=O)[O-]. The molecule has 12 heteroatoms. The van der Waals surface area contributed by atoms with Crippen LogP contribution in [0.15, 0.2) is 30.3 Å². The Labute approximate surface area is 202 Å². The number of fused-ring (bicyclic) bond motifs is 1. The van der Waals surface area contributed by atoms with Crippen LogP contribution >= 0.6 is 0 Å². The molecule has 1 unspecified atom stereocenters. The van der Waals surface area contributed by atoms with Crippen LogP contribution in [0.2, 0.25) is 0 Å². The number of hydrogen-bond donors (Lipinski definition) is 0. The Hall–Kier alpha value is -3.05. The fraction of sp³-hybridized carbons (Fsp3) is 0.542. The standard InChI is InChI=1S/C24H25F6NO5/c1-22(31(33)34,12-11-20(32)35-2)16-6-9-18-14(13-16)3-10-19(21(18)24(28,29)30)36-17-7-4-15(5-8-17)23(25,26)27/h3,6,9-10,13,15,17H,4-5,7-8,11-12H2,1-2H3. The fourth-order valence-corrected chi connectivity index (χ4v) is 4.51. The summed E-state index contributed by atoms with van der Waals surface area (Å²) >= 11 is 0. The van der Waals surface area contributed by atoms with Gasteiger partial charge in [0.15, 0.2) is 0 Å². The van der Waals surface area contributed by atoms with Gasteiger partial charge in [0, 0.05) is 23.8 Å². The minimum Gasteiger partial charge on any atom is -0.490 e. The predicted molar refractivity (Wildman–Crippen MR) is 117 cm³/mol. The number of alkyl halides is 6. The third-order valence-electron chi connectivity index (χ3n) is 6.76. The Morgan fingerprint density at radius 3 is 2.22 bits per heavy atom. The van der Waals surface area contributed by atoms with Crippen LogP contribution in [-0.2, 0) is 21.2 Å². The maximum absolute atomic E-state index is 14.1. The van der Waals surface area contributed by atoms with Crippen molar-refractivity contribution in [3.05, 3.63) is 51.6 Å². The number of carbonyl (C=O) groups is 1. The molecule has 1 aliphatic rings. The molecule has 0 saturated heterocycles. The first-order valence-electron chi connectivity index (χ1n) is 11.3. The van der Waals surface area contributed by atoms with Crippen LogP contribution in [0.1, 0.15) is 56.6 Å². The van der Waals surface area contributed by atoms with Crippen LogP contribution in [0.25, 0.3) is 10.8 Å². The van der Waals surface area contributed by atoms with E-state index in [0.29, 0.717) is 0 Å². The molecule has 0 amide bonds. The minimum absolute atomic E-state index is 0.0279. The maximum Gasteiger partial charge on any atom is 0.420 e. The molecule has 1 fully saturated rings. The fourth-order valence-electron chi connectivity index (χ4n) is 4.51.